The van der Waals surface area contributed by atoms with Crippen molar-refractivity contribution >= 4 is 34.4 Å². The summed E-state index contributed by atoms with van der Waals surface area (Å²) < 4.78 is 15.0. The first kappa shape index (κ1) is 14.6. The molecule has 6 heteroatoms. The molecule has 0 aliphatic rings. The lowest BCUT2D eigenvalue weighted by atomic mass is 10.3. The Balaban J connectivity index is 1.66. The molecule has 0 radical (unpaired) electrons. The highest BCUT2D eigenvalue weighted by Crippen LogP contribution is 2.22. The Morgan fingerprint density at radius 3 is 2.86 bits per heavy atom. The quantitative estimate of drug-likeness (QED) is 0.750. The molecule has 0 aliphatic heterocycles. The number of thioether (sulfide) groups is 1. The zero-order chi connectivity index (χ0) is 15.5. The first-order chi connectivity index (χ1) is 10.6. The van der Waals surface area contributed by atoms with Crippen molar-refractivity contribution in [1.82, 2.24) is 9.55 Å². The molecular formula is C16H14FN3OS. The number of fused-ring (bicyclic) bond motifs is 1. The van der Waals surface area contributed by atoms with E-state index in [2.05, 4.69) is 10.3 Å². The summed E-state index contributed by atoms with van der Waals surface area (Å²) in [6.45, 7) is 0. The number of anilines is 1. The Morgan fingerprint density at radius 2 is 2.09 bits per heavy atom. The Kier molecular flexibility index (Phi) is 4.11. The van der Waals surface area contributed by atoms with Gasteiger partial charge in [-0.3, -0.25) is 4.79 Å². The third-order valence-electron chi connectivity index (χ3n) is 3.19. The van der Waals surface area contributed by atoms with Gasteiger partial charge in [0.15, 0.2) is 5.16 Å². The van der Waals surface area contributed by atoms with E-state index in [0.29, 0.717) is 5.69 Å². The molecule has 1 heterocycles. The topological polar surface area (TPSA) is 46.9 Å². The van der Waals surface area contributed by atoms with Crippen LogP contribution in [-0.2, 0) is 11.8 Å². The third kappa shape index (κ3) is 3.12. The molecule has 2 aromatic carbocycles. The summed E-state index contributed by atoms with van der Waals surface area (Å²) in [4.78, 5) is 16.4. The average molecular weight is 315 g/mol. The van der Waals surface area contributed by atoms with Gasteiger partial charge < -0.3 is 9.88 Å². The second kappa shape index (κ2) is 6.19. The number of amides is 1. The largest absolute Gasteiger partial charge is 0.325 e. The van der Waals surface area contributed by atoms with Crippen LogP contribution in [0.1, 0.15) is 0 Å². The van der Waals surface area contributed by atoms with Crippen LogP contribution in [0.3, 0.4) is 0 Å². The van der Waals surface area contributed by atoms with Crippen LogP contribution in [0.4, 0.5) is 10.1 Å². The number of para-hydroxylation sites is 2. The number of hydrogen-bond donors (Lipinski definition) is 1. The predicted octanol–water partition coefficient (Wildman–Crippen LogP) is 3.44. The molecule has 0 saturated carbocycles. The van der Waals surface area contributed by atoms with Crippen LogP contribution in [0.5, 0.6) is 0 Å². The minimum absolute atomic E-state index is 0.192. The van der Waals surface area contributed by atoms with Gasteiger partial charge in [0, 0.05) is 12.7 Å². The summed E-state index contributed by atoms with van der Waals surface area (Å²) in [6, 6.07) is 13.6. The SMILES string of the molecule is Cn1c(SCC(=O)Nc2cccc(F)c2)nc2ccccc21. The van der Waals surface area contributed by atoms with Crippen molar-refractivity contribution in [2.24, 2.45) is 7.05 Å². The Labute approximate surface area is 131 Å². The fourth-order valence-electron chi connectivity index (χ4n) is 2.15. The lowest BCUT2D eigenvalue weighted by Gasteiger charge is -2.05. The van der Waals surface area contributed by atoms with Gasteiger partial charge >= 0.3 is 0 Å². The van der Waals surface area contributed by atoms with Gasteiger partial charge in [-0.05, 0) is 30.3 Å². The second-order valence-electron chi connectivity index (χ2n) is 4.79. The first-order valence-electron chi connectivity index (χ1n) is 6.73. The van der Waals surface area contributed by atoms with Gasteiger partial charge in [0.05, 0.1) is 16.8 Å². The number of nitrogens with zero attached hydrogens (tertiary/aromatic N) is 2. The van der Waals surface area contributed by atoms with Crippen LogP contribution in [0.15, 0.2) is 53.7 Å². The van der Waals surface area contributed by atoms with Crippen molar-refractivity contribution in [3.8, 4) is 0 Å². The molecule has 0 fully saturated rings. The molecule has 22 heavy (non-hydrogen) atoms. The molecule has 3 rings (SSSR count). The number of nitrogens with one attached hydrogen (secondary N) is 1. The number of aromatic nitrogens is 2. The van der Waals surface area contributed by atoms with Crippen LogP contribution in [0.2, 0.25) is 0 Å². The number of halogens is 1. The van der Waals surface area contributed by atoms with E-state index in [-0.39, 0.29) is 17.5 Å². The van der Waals surface area contributed by atoms with Crippen LogP contribution < -0.4 is 5.32 Å². The minimum atomic E-state index is -0.374. The van der Waals surface area contributed by atoms with Gasteiger partial charge in [-0.1, -0.05) is 30.0 Å². The Hall–Kier alpha value is -2.34. The molecule has 0 saturated heterocycles. The lowest BCUT2D eigenvalue weighted by Crippen LogP contribution is -2.14. The van der Waals surface area contributed by atoms with E-state index in [0.717, 1.165) is 16.2 Å². The van der Waals surface area contributed by atoms with Crippen molar-refractivity contribution in [3.63, 3.8) is 0 Å². The van der Waals surface area contributed by atoms with Crippen molar-refractivity contribution in [2.75, 3.05) is 11.1 Å². The molecule has 4 nitrogen and oxygen atoms in total. The maximum absolute atomic E-state index is 13.1. The summed E-state index contributed by atoms with van der Waals surface area (Å²) >= 11 is 1.35. The van der Waals surface area contributed by atoms with Gasteiger partial charge in [-0.2, -0.15) is 0 Å². The summed E-state index contributed by atoms with van der Waals surface area (Å²) in [5, 5.41) is 3.44. The molecule has 0 atom stereocenters. The van der Waals surface area contributed by atoms with Gasteiger partial charge in [0.2, 0.25) is 5.91 Å². The van der Waals surface area contributed by atoms with E-state index in [1.54, 1.807) is 12.1 Å². The second-order valence-corrected chi connectivity index (χ2v) is 5.73. The number of benzene rings is 2. The van der Waals surface area contributed by atoms with E-state index < -0.39 is 0 Å². The molecule has 1 N–H and O–H groups in total. The van der Waals surface area contributed by atoms with Gasteiger partial charge in [-0.25, -0.2) is 9.37 Å². The Bertz CT molecular complexity index is 831. The predicted molar refractivity (Wildman–Crippen MR) is 86.5 cm³/mol. The smallest absolute Gasteiger partial charge is 0.234 e. The first-order valence-corrected chi connectivity index (χ1v) is 7.72. The standard InChI is InChI=1S/C16H14FN3OS/c1-20-14-8-3-2-7-13(14)19-16(20)22-10-15(21)18-12-6-4-5-11(17)9-12/h2-9H,10H2,1H3,(H,18,21). The highest BCUT2D eigenvalue weighted by atomic mass is 32.2. The normalized spacial score (nSPS) is 10.8. The van der Waals surface area contributed by atoms with Crippen molar-refractivity contribution in [3.05, 3.63) is 54.3 Å². The van der Waals surface area contributed by atoms with Gasteiger partial charge in [0.1, 0.15) is 5.82 Å². The van der Waals surface area contributed by atoms with Gasteiger partial charge in [-0.15, -0.1) is 0 Å². The van der Waals surface area contributed by atoms with Crippen molar-refractivity contribution in [2.45, 2.75) is 5.16 Å². The number of carbonyl (C=O) groups is 1. The molecule has 1 aromatic heterocycles. The monoisotopic (exact) mass is 315 g/mol. The number of aryl methyl sites for hydroxylation is 1. The highest BCUT2D eigenvalue weighted by molar-refractivity contribution is 7.99. The fourth-order valence-corrected chi connectivity index (χ4v) is 2.93. The summed E-state index contributed by atoms with van der Waals surface area (Å²) in [6.07, 6.45) is 0. The van der Waals surface area contributed by atoms with Crippen molar-refractivity contribution < 1.29 is 9.18 Å². The number of carbonyl (C=O) groups excluding carboxylic acids is 1. The van der Waals surface area contributed by atoms with E-state index in [4.69, 9.17) is 0 Å². The molecule has 112 valence electrons. The fraction of sp³-hybridized carbons (Fsp3) is 0.125. The lowest BCUT2D eigenvalue weighted by molar-refractivity contribution is -0.113. The molecular weight excluding hydrogens is 301 g/mol. The minimum Gasteiger partial charge on any atom is -0.325 e. The zero-order valence-corrected chi connectivity index (χ0v) is 12.7. The molecule has 3 aromatic rings. The van der Waals surface area contributed by atoms with Crippen LogP contribution in [0.25, 0.3) is 11.0 Å². The molecule has 0 spiro atoms. The van der Waals surface area contributed by atoms with Crippen LogP contribution >= 0.6 is 11.8 Å². The number of imidazole rings is 1. The van der Waals surface area contributed by atoms with E-state index in [1.165, 1.54) is 23.9 Å². The number of hydrogen-bond acceptors (Lipinski definition) is 3. The maximum Gasteiger partial charge on any atom is 0.234 e. The van der Waals surface area contributed by atoms with E-state index in [1.807, 2.05) is 35.9 Å². The highest BCUT2D eigenvalue weighted by Gasteiger charge is 2.10. The molecule has 1 amide bonds. The van der Waals surface area contributed by atoms with Gasteiger partial charge in [0.25, 0.3) is 0 Å². The van der Waals surface area contributed by atoms with E-state index in [9.17, 15) is 9.18 Å². The molecule has 0 unspecified atom stereocenters. The summed E-state index contributed by atoms with van der Waals surface area (Å²) in [5.41, 5.74) is 2.38. The van der Waals surface area contributed by atoms with Crippen LogP contribution in [-0.4, -0.2) is 21.2 Å². The van der Waals surface area contributed by atoms with E-state index >= 15 is 0 Å². The van der Waals surface area contributed by atoms with Crippen LogP contribution in [0, 0.1) is 5.82 Å². The zero-order valence-electron chi connectivity index (χ0n) is 11.9. The summed E-state index contributed by atoms with van der Waals surface area (Å²) in [7, 11) is 1.92. The Morgan fingerprint density at radius 1 is 1.27 bits per heavy atom. The molecule has 0 aliphatic carbocycles. The summed E-state index contributed by atoms with van der Waals surface area (Å²) in [5.74, 6) is -0.350. The average Bonchev–Trinajstić information content (AvgIpc) is 2.82. The molecule has 0 bridgehead atoms. The van der Waals surface area contributed by atoms with Crippen molar-refractivity contribution in [1.29, 1.82) is 0 Å². The third-order valence-corrected chi connectivity index (χ3v) is 4.22. The number of rotatable bonds is 4. The maximum atomic E-state index is 13.1.